The van der Waals surface area contributed by atoms with E-state index in [0.717, 1.165) is 26.2 Å². The number of nitrogens with one attached hydrogen (secondary N) is 1. The van der Waals surface area contributed by atoms with E-state index in [-0.39, 0.29) is 51.8 Å². The van der Waals surface area contributed by atoms with E-state index in [2.05, 4.69) is 10.2 Å². The summed E-state index contributed by atoms with van der Waals surface area (Å²) in [5.41, 5.74) is -1.37. The Bertz CT molecular complexity index is 723. The van der Waals surface area contributed by atoms with Crippen LogP contribution in [0.1, 0.15) is 0 Å². The van der Waals surface area contributed by atoms with Gasteiger partial charge in [-0.15, -0.1) is 0 Å². The molecule has 37 heavy (non-hydrogen) atoms. The SMILES string of the molecule is O=C(O)CN(CCO)CCOC(=O)CNC(CO)(CO)CO.O=S(=O)(O)CCN1CCN(CCO)CC1. The van der Waals surface area contributed by atoms with Gasteiger partial charge in [-0.1, -0.05) is 0 Å². The molecule has 0 amide bonds. The van der Waals surface area contributed by atoms with Gasteiger partial charge in [0.2, 0.25) is 0 Å². The fraction of sp³-hybridized carbons (Fsp3) is 0.900. The summed E-state index contributed by atoms with van der Waals surface area (Å²) in [4.78, 5) is 27.6. The third-order valence-corrected chi connectivity index (χ3v) is 6.21. The Morgan fingerprint density at radius 3 is 1.86 bits per heavy atom. The van der Waals surface area contributed by atoms with Crippen LogP contribution in [-0.4, -0.2) is 187 Å². The number of aliphatic hydroxyl groups is 5. The van der Waals surface area contributed by atoms with Gasteiger partial charge in [0.15, 0.2) is 0 Å². The van der Waals surface area contributed by atoms with E-state index in [4.69, 9.17) is 39.9 Å². The lowest BCUT2D eigenvalue weighted by Gasteiger charge is -2.33. The Balaban J connectivity index is 0.000000749. The van der Waals surface area contributed by atoms with E-state index in [1.54, 1.807) is 0 Å². The van der Waals surface area contributed by atoms with Gasteiger partial charge in [-0.25, -0.2) is 0 Å². The van der Waals surface area contributed by atoms with E-state index in [0.29, 0.717) is 13.1 Å². The average molecular weight is 563 g/mol. The number of piperazine rings is 1. The number of nitrogens with zero attached hydrogens (tertiary/aromatic N) is 3. The van der Waals surface area contributed by atoms with Gasteiger partial charge < -0.3 is 35.4 Å². The van der Waals surface area contributed by atoms with Crippen LogP contribution in [-0.2, 0) is 24.4 Å². The van der Waals surface area contributed by atoms with Gasteiger partial charge in [-0.2, -0.15) is 8.42 Å². The second kappa shape index (κ2) is 19.5. The average Bonchev–Trinajstić information content (AvgIpc) is 2.85. The van der Waals surface area contributed by atoms with Gasteiger partial charge in [0, 0.05) is 52.4 Å². The molecule has 0 spiro atoms. The number of β-amino-alcohol motifs (C(OH)–C–C–N with tert-alkyl or cyclic N) is 1. The number of hydrogen-bond acceptors (Lipinski definition) is 14. The minimum atomic E-state index is -3.84. The zero-order valence-electron chi connectivity index (χ0n) is 20.9. The van der Waals surface area contributed by atoms with E-state index >= 15 is 0 Å². The van der Waals surface area contributed by atoms with Crippen molar-refractivity contribution in [1.29, 1.82) is 0 Å². The maximum atomic E-state index is 11.5. The largest absolute Gasteiger partial charge is 0.480 e. The molecule has 8 N–H and O–H groups in total. The summed E-state index contributed by atoms with van der Waals surface area (Å²) in [7, 11) is -3.84. The maximum Gasteiger partial charge on any atom is 0.319 e. The summed E-state index contributed by atoms with van der Waals surface area (Å²) in [5.74, 6) is -1.94. The van der Waals surface area contributed by atoms with Crippen molar-refractivity contribution in [3.8, 4) is 0 Å². The van der Waals surface area contributed by atoms with E-state index in [1.165, 1.54) is 4.90 Å². The molecule has 0 aromatic heterocycles. The van der Waals surface area contributed by atoms with Gasteiger partial charge in [0.05, 0.1) is 57.4 Å². The Labute approximate surface area is 216 Å². The molecule has 1 aliphatic heterocycles. The maximum absolute atomic E-state index is 11.5. The fourth-order valence-corrected chi connectivity index (χ4v) is 3.63. The highest BCUT2D eigenvalue weighted by atomic mass is 32.2. The van der Waals surface area contributed by atoms with E-state index < -0.39 is 47.4 Å². The number of hydrogen-bond donors (Lipinski definition) is 8. The second-order valence-corrected chi connectivity index (χ2v) is 9.99. The predicted molar refractivity (Wildman–Crippen MR) is 130 cm³/mol. The van der Waals surface area contributed by atoms with E-state index in [9.17, 15) is 18.0 Å². The molecular formula is C20H42N4O12S. The van der Waals surface area contributed by atoms with Crippen molar-refractivity contribution in [3.05, 3.63) is 0 Å². The molecule has 0 radical (unpaired) electrons. The van der Waals surface area contributed by atoms with Crippen LogP contribution in [0.2, 0.25) is 0 Å². The Hall–Kier alpha value is -1.51. The number of carbonyl (C=O) groups is 2. The summed E-state index contributed by atoms with van der Waals surface area (Å²) in [6.45, 7) is 2.18. The minimum absolute atomic E-state index is 0.0713. The molecule has 0 unspecified atom stereocenters. The number of carboxylic acids is 1. The number of esters is 1. The highest BCUT2D eigenvalue weighted by molar-refractivity contribution is 7.85. The van der Waals surface area contributed by atoms with Gasteiger partial charge in [-0.3, -0.25) is 34.2 Å². The highest BCUT2D eigenvalue weighted by Gasteiger charge is 2.28. The van der Waals surface area contributed by atoms with Gasteiger partial charge >= 0.3 is 11.9 Å². The lowest BCUT2D eigenvalue weighted by atomic mass is 10.0. The number of carbonyl (C=O) groups excluding carboxylic acids is 1. The lowest BCUT2D eigenvalue weighted by Crippen LogP contribution is -2.56. The van der Waals surface area contributed by atoms with Crippen LogP contribution < -0.4 is 5.32 Å². The summed E-state index contributed by atoms with van der Waals surface area (Å²) in [5, 5.41) is 55.9. The van der Waals surface area contributed by atoms with Gasteiger partial charge in [0.25, 0.3) is 10.1 Å². The van der Waals surface area contributed by atoms with Crippen LogP contribution in [0.3, 0.4) is 0 Å². The molecule has 0 atom stereocenters. The smallest absolute Gasteiger partial charge is 0.319 e. The summed E-state index contributed by atoms with van der Waals surface area (Å²) >= 11 is 0. The molecule has 0 aromatic carbocycles. The molecule has 0 aromatic rings. The number of aliphatic carboxylic acids is 1. The molecule has 1 rings (SSSR count). The molecular weight excluding hydrogens is 520 g/mol. The fourth-order valence-electron chi connectivity index (χ4n) is 3.14. The molecule has 220 valence electrons. The Morgan fingerprint density at radius 2 is 1.43 bits per heavy atom. The van der Waals surface area contributed by atoms with Crippen LogP contribution in [0.25, 0.3) is 0 Å². The molecule has 0 saturated carbocycles. The quantitative estimate of drug-likeness (QED) is 0.0574. The molecule has 1 saturated heterocycles. The van der Waals surface area contributed by atoms with E-state index in [1.807, 2.05) is 4.90 Å². The van der Waals surface area contributed by atoms with Crippen LogP contribution in [0.5, 0.6) is 0 Å². The number of carboxylic acid groups (broad SMARTS) is 1. The van der Waals surface area contributed by atoms with Crippen LogP contribution in [0.4, 0.5) is 0 Å². The molecule has 16 nitrogen and oxygen atoms in total. The topological polar surface area (TPSA) is 241 Å². The first-order chi connectivity index (χ1) is 17.4. The highest BCUT2D eigenvalue weighted by Crippen LogP contribution is 2.02. The predicted octanol–water partition coefficient (Wildman–Crippen LogP) is -5.30. The van der Waals surface area contributed by atoms with Crippen LogP contribution >= 0.6 is 0 Å². The minimum Gasteiger partial charge on any atom is -0.480 e. The van der Waals surface area contributed by atoms with Crippen molar-refractivity contribution >= 4 is 22.1 Å². The third-order valence-electron chi connectivity index (χ3n) is 5.51. The summed E-state index contributed by atoms with van der Waals surface area (Å²) in [6.07, 6.45) is 0. The van der Waals surface area contributed by atoms with Crippen molar-refractivity contribution in [2.75, 3.05) is 111 Å². The van der Waals surface area contributed by atoms with Crippen molar-refractivity contribution in [2.45, 2.75) is 5.54 Å². The Kier molecular flexibility index (Phi) is 18.7. The van der Waals surface area contributed by atoms with Crippen molar-refractivity contribution in [2.24, 2.45) is 0 Å². The molecule has 17 heteroatoms. The zero-order chi connectivity index (χ0) is 28.3. The summed E-state index contributed by atoms with van der Waals surface area (Å²) < 4.78 is 34.5. The molecule has 0 aliphatic carbocycles. The number of rotatable bonds is 18. The molecule has 1 aliphatic rings. The van der Waals surface area contributed by atoms with Crippen molar-refractivity contribution < 1.29 is 57.9 Å². The lowest BCUT2D eigenvalue weighted by molar-refractivity contribution is -0.144. The first-order valence-corrected chi connectivity index (χ1v) is 13.3. The molecule has 1 fully saturated rings. The van der Waals surface area contributed by atoms with Crippen molar-refractivity contribution in [1.82, 2.24) is 20.0 Å². The molecule has 0 bridgehead atoms. The third kappa shape index (κ3) is 17.6. The van der Waals surface area contributed by atoms with Crippen LogP contribution in [0, 0.1) is 0 Å². The van der Waals surface area contributed by atoms with Gasteiger partial charge in [-0.05, 0) is 0 Å². The van der Waals surface area contributed by atoms with Gasteiger partial charge in [0.1, 0.15) is 6.61 Å². The van der Waals surface area contributed by atoms with Crippen molar-refractivity contribution in [3.63, 3.8) is 0 Å². The number of aliphatic hydroxyl groups excluding tert-OH is 5. The zero-order valence-corrected chi connectivity index (χ0v) is 21.8. The first kappa shape index (κ1) is 35.5. The standard InChI is InChI=1S/C12H24N2O8.C8H18N2O4S/c15-3-1-14(6-10(19)20)2-4-22-11(21)5-13-12(7-16,8-17)9-18;11-7-5-9-1-3-10(4-2-9)6-8-15(12,13)14/h13,15-18H,1-9H2,(H,19,20);11H,1-8H2,(H,12,13,14). The molecule has 1 heterocycles. The first-order valence-electron chi connectivity index (χ1n) is 11.7. The van der Waals surface area contributed by atoms with Crippen LogP contribution in [0.15, 0.2) is 0 Å². The normalized spacial score (nSPS) is 15.3. The monoisotopic (exact) mass is 562 g/mol. The number of ether oxygens (including phenoxy) is 1. The summed E-state index contributed by atoms with van der Waals surface area (Å²) in [6, 6.07) is 0. The second-order valence-electron chi connectivity index (χ2n) is 8.42. The Morgan fingerprint density at radius 1 is 0.892 bits per heavy atom.